The zero-order valence-corrected chi connectivity index (χ0v) is 9.97. The molecular formula is C14H18O3. The molecule has 0 aliphatic carbocycles. The van der Waals surface area contributed by atoms with Crippen LogP contribution in [0.4, 0.5) is 0 Å². The number of benzene rings is 1. The Morgan fingerprint density at radius 1 is 1.24 bits per heavy atom. The zero-order chi connectivity index (χ0) is 12.5. The summed E-state index contributed by atoms with van der Waals surface area (Å²) in [6.07, 6.45) is 5.38. The Morgan fingerprint density at radius 2 is 1.94 bits per heavy atom. The van der Waals surface area contributed by atoms with Crippen molar-refractivity contribution in [3.05, 3.63) is 47.6 Å². The topological polar surface area (TPSA) is 49.7 Å². The largest absolute Gasteiger partial charge is 0.490 e. The average Bonchev–Trinajstić information content (AvgIpc) is 2.37. The van der Waals surface area contributed by atoms with E-state index in [4.69, 9.17) is 14.9 Å². The quantitative estimate of drug-likeness (QED) is 0.740. The van der Waals surface area contributed by atoms with E-state index in [2.05, 4.69) is 0 Å². The molecule has 0 saturated heterocycles. The Balaban J connectivity index is 2.48. The highest BCUT2D eigenvalue weighted by atomic mass is 16.5. The summed E-state index contributed by atoms with van der Waals surface area (Å²) in [6.45, 7) is 2.42. The van der Waals surface area contributed by atoms with Crippen molar-refractivity contribution in [3.63, 3.8) is 0 Å². The van der Waals surface area contributed by atoms with Crippen LogP contribution >= 0.6 is 0 Å². The second-order valence-corrected chi connectivity index (χ2v) is 3.67. The first kappa shape index (κ1) is 13.5. The van der Waals surface area contributed by atoms with Crippen LogP contribution in [-0.2, 0) is 0 Å². The molecular weight excluding hydrogens is 216 g/mol. The number of rotatable bonds is 6. The highest BCUT2D eigenvalue weighted by Crippen LogP contribution is 2.13. The van der Waals surface area contributed by atoms with Gasteiger partial charge in [-0.1, -0.05) is 24.3 Å². The number of aliphatic hydroxyl groups excluding tert-OH is 2. The summed E-state index contributed by atoms with van der Waals surface area (Å²) >= 11 is 0. The van der Waals surface area contributed by atoms with E-state index in [1.807, 2.05) is 43.3 Å². The number of hydrogen-bond acceptors (Lipinski definition) is 3. The van der Waals surface area contributed by atoms with E-state index in [1.54, 1.807) is 6.08 Å². The third kappa shape index (κ3) is 5.33. The Morgan fingerprint density at radius 3 is 2.53 bits per heavy atom. The van der Waals surface area contributed by atoms with Crippen LogP contribution in [0.25, 0.3) is 6.08 Å². The second-order valence-electron chi connectivity index (χ2n) is 3.67. The van der Waals surface area contributed by atoms with Gasteiger partial charge in [0.15, 0.2) is 0 Å². The third-order valence-electron chi connectivity index (χ3n) is 2.23. The molecule has 92 valence electrons. The molecule has 0 spiro atoms. The maximum atomic E-state index is 8.80. The predicted octanol–water partition coefficient (Wildman–Crippen LogP) is 2.01. The molecule has 1 rings (SSSR count). The van der Waals surface area contributed by atoms with Crippen LogP contribution in [0, 0.1) is 0 Å². The highest BCUT2D eigenvalue weighted by Gasteiger charge is 1.92. The van der Waals surface area contributed by atoms with E-state index in [0.29, 0.717) is 6.61 Å². The van der Waals surface area contributed by atoms with Crippen molar-refractivity contribution in [1.82, 2.24) is 0 Å². The van der Waals surface area contributed by atoms with Gasteiger partial charge >= 0.3 is 0 Å². The van der Waals surface area contributed by atoms with Gasteiger partial charge in [-0.3, -0.25) is 0 Å². The van der Waals surface area contributed by atoms with Crippen molar-refractivity contribution in [2.24, 2.45) is 0 Å². The fourth-order valence-corrected chi connectivity index (χ4v) is 1.21. The standard InChI is InChI=1S/C14H18O3/c1-12(11-16)8-10-17-14-6-4-13(5-7-14)3-2-9-15/h2-8,15-16H,9-11H2,1H3/b3-2+,12-8+. The van der Waals surface area contributed by atoms with Gasteiger partial charge in [-0.05, 0) is 36.3 Å². The number of hydrogen-bond donors (Lipinski definition) is 2. The van der Waals surface area contributed by atoms with Gasteiger partial charge in [0.25, 0.3) is 0 Å². The van der Waals surface area contributed by atoms with E-state index in [-0.39, 0.29) is 13.2 Å². The number of aliphatic hydroxyl groups is 2. The number of ether oxygens (including phenoxy) is 1. The molecule has 3 heteroatoms. The van der Waals surface area contributed by atoms with Crippen molar-refractivity contribution in [2.75, 3.05) is 19.8 Å². The Hall–Kier alpha value is -1.58. The normalized spacial score (nSPS) is 12.1. The van der Waals surface area contributed by atoms with Gasteiger partial charge in [0.05, 0.1) is 13.2 Å². The lowest BCUT2D eigenvalue weighted by Gasteiger charge is -2.04. The van der Waals surface area contributed by atoms with Crippen LogP contribution in [0.5, 0.6) is 5.75 Å². The summed E-state index contributed by atoms with van der Waals surface area (Å²) in [4.78, 5) is 0. The van der Waals surface area contributed by atoms with Crippen LogP contribution < -0.4 is 4.74 Å². The lowest BCUT2D eigenvalue weighted by atomic mass is 10.2. The van der Waals surface area contributed by atoms with Gasteiger partial charge < -0.3 is 14.9 Å². The molecule has 3 nitrogen and oxygen atoms in total. The van der Waals surface area contributed by atoms with Gasteiger partial charge in [0.1, 0.15) is 12.4 Å². The molecule has 1 aromatic carbocycles. The Labute approximate surface area is 102 Å². The van der Waals surface area contributed by atoms with Crippen molar-refractivity contribution in [1.29, 1.82) is 0 Å². The van der Waals surface area contributed by atoms with Crippen molar-refractivity contribution < 1.29 is 14.9 Å². The van der Waals surface area contributed by atoms with E-state index < -0.39 is 0 Å². The molecule has 0 unspecified atom stereocenters. The molecule has 0 aliphatic rings. The third-order valence-corrected chi connectivity index (χ3v) is 2.23. The zero-order valence-electron chi connectivity index (χ0n) is 9.97. The van der Waals surface area contributed by atoms with Crippen LogP contribution in [0.15, 0.2) is 42.0 Å². The molecule has 1 aromatic rings. The molecule has 0 aromatic heterocycles. The first-order chi connectivity index (χ1) is 8.26. The van der Waals surface area contributed by atoms with Gasteiger partial charge in [-0.15, -0.1) is 0 Å². The molecule has 0 saturated carbocycles. The highest BCUT2D eigenvalue weighted by molar-refractivity contribution is 5.50. The molecule has 0 radical (unpaired) electrons. The lowest BCUT2D eigenvalue weighted by molar-refractivity contribution is 0.325. The van der Waals surface area contributed by atoms with Gasteiger partial charge in [-0.25, -0.2) is 0 Å². The predicted molar refractivity (Wildman–Crippen MR) is 68.9 cm³/mol. The molecule has 0 heterocycles. The summed E-state index contributed by atoms with van der Waals surface area (Å²) < 4.78 is 5.48. The SMILES string of the molecule is C/C(=C\COc1ccc(/C=C/CO)cc1)CO. The van der Waals surface area contributed by atoms with Crippen LogP contribution in [0.2, 0.25) is 0 Å². The van der Waals surface area contributed by atoms with Crippen molar-refractivity contribution >= 4 is 6.08 Å². The Kier molecular flexibility index (Phi) is 6.07. The maximum absolute atomic E-state index is 8.80. The molecule has 0 fully saturated rings. The summed E-state index contributed by atoms with van der Waals surface area (Å²) in [6, 6.07) is 7.59. The van der Waals surface area contributed by atoms with E-state index in [0.717, 1.165) is 16.9 Å². The molecule has 0 bridgehead atoms. The molecule has 0 atom stereocenters. The fraction of sp³-hybridized carbons (Fsp3) is 0.286. The maximum Gasteiger partial charge on any atom is 0.119 e. The van der Waals surface area contributed by atoms with Crippen LogP contribution in [-0.4, -0.2) is 30.0 Å². The Bertz CT molecular complexity index is 377. The molecule has 2 N–H and O–H groups in total. The first-order valence-electron chi connectivity index (χ1n) is 5.53. The van der Waals surface area contributed by atoms with Gasteiger partial charge in [0.2, 0.25) is 0 Å². The van der Waals surface area contributed by atoms with Crippen LogP contribution in [0.3, 0.4) is 0 Å². The van der Waals surface area contributed by atoms with Crippen molar-refractivity contribution in [3.8, 4) is 5.75 Å². The van der Waals surface area contributed by atoms with Gasteiger partial charge in [0, 0.05) is 0 Å². The molecule has 0 amide bonds. The molecule has 17 heavy (non-hydrogen) atoms. The monoisotopic (exact) mass is 234 g/mol. The van der Waals surface area contributed by atoms with E-state index in [9.17, 15) is 0 Å². The second kappa shape index (κ2) is 7.65. The minimum atomic E-state index is 0.0451. The van der Waals surface area contributed by atoms with E-state index >= 15 is 0 Å². The van der Waals surface area contributed by atoms with Crippen LogP contribution in [0.1, 0.15) is 12.5 Å². The minimum absolute atomic E-state index is 0.0451. The summed E-state index contributed by atoms with van der Waals surface area (Å²) in [7, 11) is 0. The first-order valence-corrected chi connectivity index (χ1v) is 5.53. The lowest BCUT2D eigenvalue weighted by Crippen LogP contribution is -1.96. The van der Waals surface area contributed by atoms with Crippen molar-refractivity contribution in [2.45, 2.75) is 6.92 Å². The summed E-state index contributed by atoms with van der Waals surface area (Å²) in [5.41, 5.74) is 1.92. The smallest absolute Gasteiger partial charge is 0.119 e. The fourth-order valence-electron chi connectivity index (χ4n) is 1.21. The minimum Gasteiger partial charge on any atom is -0.490 e. The molecule has 0 aliphatic heterocycles. The average molecular weight is 234 g/mol. The van der Waals surface area contributed by atoms with E-state index in [1.165, 1.54) is 0 Å². The summed E-state index contributed by atoms with van der Waals surface area (Å²) in [5.74, 6) is 0.785. The summed E-state index contributed by atoms with van der Waals surface area (Å²) in [5, 5.41) is 17.4. The van der Waals surface area contributed by atoms with Gasteiger partial charge in [-0.2, -0.15) is 0 Å².